The number of hydrogen-bond acceptors (Lipinski definition) is 3. The first-order valence-electron chi connectivity index (χ1n) is 6.07. The molecule has 0 bridgehead atoms. The van der Waals surface area contributed by atoms with E-state index in [1.165, 1.54) is 0 Å². The van der Waals surface area contributed by atoms with E-state index in [9.17, 15) is 0 Å². The molecule has 1 N–H and O–H groups in total. The van der Waals surface area contributed by atoms with Crippen LogP contribution < -0.4 is 5.32 Å². The summed E-state index contributed by atoms with van der Waals surface area (Å²) in [6.45, 7) is 1.36. The molecule has 0 saturated heterocycles. The van der Waals surface area contributed by atoms with Gasteiger partial charge in [-0.05, 0) is 23.8 Å². The molecule has 0 saturated carbocycles. The molecule has 0 aliphatic heterocycles. The average molecular weight is 273 g/mol. The zero-order valence-electron chi connectivity index (χ0n) is 10.3. The van der Waals surface area contributed by atoms with Crippen molar-refractivity contribution in [1.29, 1.82) is 0 Å². The molecule has 4 nitrogen and oxygen atoms in total. The molecule has 0 aliphatic carbocycles. The highest BCUT2D eigenvalue weighted by molar-refractivity contribution is 6.31. The van der Waals surface area contributed by atoms with Gasteiger partial charge in [0.2, 0.25) is 0 Å². The van der Waals surface area contributed by atoms with Crippen LogP contribution in [0.15, 0.2) is 48.7 Å². The van der Waals surface area contributed by atoms with E-state index in [0.717, 1.165) is 22.1 Å². The van der Waals surface area contributed by atoms with Gasteiger partial charge in [-0.1, -0.05) is 35.9 Å². The van der Waals surface area contributed by atoms with Gasteiger partial charge in [-0.2, -0.15) is 0 Å². The Hall–Kier alpha value is -1.91. The Balaban J connectivity index is 1.68. The molecule has 0 radical (unpaired) electrons. The Bertz CT molecular complexity index is 692. The van der Waals surface area contributed by atoms with Gasteiger partial charge in [-0.15, -0.1) is 10.2 Å². The molecule has 1 aromatic carbocycles. The summed E-state index contributed by atoms with van der Waals surface area (Å²) in [6, 6.07) is 13.7. The van der Waals surface area contributed by atoms with Crippen LogP contribution in [0.3, 0.4) is 0 Å². The molecule has 0 unspecified atom stereocenters. The number of pyridine rings is 1. The van der Waals surface area contributed by atoms with Crippen LogP contribution in [-0.4, -0.2) is 14.6 Å². The summed E-state index contributed by atoms with van der Waals surface area (Å²) in [7, 11) is 0. The molecule has 0 amide bonds. The third-order valence-electron chi connectivity index (χ3n) is 2.94. The number of aromatic nitrogens is 3. The van der Waals surface area contributed by atoms with Crippen LogP contribution in [0.25, 0.3) is 5.65 Å². The fraction of sp³-hybridized carbons (Fsp3) is 0.143. The number of nitrogens with one attached hydrogen (secondary N) is 1. The minimum absolute atomic E-state index is 0.649. The van der Waals surface area contributed by atoms with Crippen LogP contribution in [0.2, 0.25) is 5.02 Å². The zero-order chi connectivity index (χ0) is 13.1. The van der Waals surface area contributed by atoms with E-state index in [0.29, 0.717) is 13.1 Å². The smallest absolute Gasteiger partial charge is 0.160 e. The molecule has 3 aromatic rings. The molecular formula is C14H13ClN4. The molecule has 19 heavy (non-hydrogen) atoms. The summed E-state index contributed by atoms with van der Waals surface area (Å²) in [6.07, 6.45) is 1.96. The topological polar surface area (TPSA) is 42.2 Å². The monoisotopic (exact) mass is 272 g/mol. The highest BCUT2D eigenvalue weighted by atomic mass is 35.5. The first-order chi connectivity index (χ1) is 9.34. The Labute approximate surface area is 116 Å². The maximum absolute atomic E-state index is 6.11. The van der Waals surface area contributed by atoms with E-state index in [1.54, 1.807) is 0 Å². The van der Waals surface area contributed by atoms with Gasteiger partial charge < -0.3 is 5.32 Å². The Morgan fingerprint density at radius 3 is 2.74 bits per heavy atom. The van der Waals surface area contributed by atoms with E-state index in [2.05, 4.69) is 15.5 Å². The van der Waals surface area contributed by atoms with Crippen LogP contribution in [0, 0.1) is 0 Å². The van der Waals surface area contributed by atoms with Gasteiger partial charge in [0.1, 0.15) is 0 Å². The number of benzene rings is 1. The van der Waals surface area contributed by atoms with Gasteiger partial charge >= 0.3 is 0 Å². The van der Waals surface area contributed by atoms with Gasteiger partial charge in [-0.3, -0.25) is 4.40 Å². The van der Waals surface area contributed by atoms with Crippen molar-refractivity contribution in [3.63, 3.8) is 0 Å². The van der Waals surface area contributed by atoms with Crippen molar-refractivity contribution >= 4 is 17.2 Å². The molecule has 2 heterocycles. The molecule has 3 rings (SSSR count). The number of fused-ring (bicyclic) bond motifs is 1. The fourth-order valence-corrected chi connectivity index (χ4v) is 2.16. The van der Waals surface area contributed by atoms with Crippen LogP contribution in [0.1, 0.15) is 11.4 Å². The van der Waals surface area contributed by atoms with Crippen molar-refractivity contribution in [3.05, 3.63) is 65.1 Å². The van der Waals surface area contributed by atoms with Crippen molar-refractivity contribution in [2.24, 2.45) is 0 Å². The molecule has 5 heteroatoms. The maximum Gasteiger partial charge on any atom is 0.160 e. The lowest BCUT2D eigenvalue weighted by atomic mass is 10.2. The lowest BCUT2D eigenvalue weighted by Gasteiger charge is -2.05. The quantitative estimate of drug-likeness (QED) is 0.794. The molecule has 96 valence electrons. The number of rotatable bonds is 4. The third-order valence-corrected chi connectivity index (χ3v) is 3.31. The van der Waals surface area contributed by atoms with Gasteiger partial charge in [0.15, 0.2) is 11.5 Å². The van der Waals surface area contributed by atoms with E-state index in [4.69, 9.17) is 11.6 Å². The third kappa shape index (κ3) is 2.59. The molecule has 0 aliphatic rings. The van der Waals surface area contributed by atoms with Crippen molar-refractivity contribution in [2.75, 3.05) is 0 Å². The lowest BCUT2D eigenvalue weighted by molar-refractivity contribution is 0.657. The summed E-state index contributed by atoms with van der Waals surface area (Å²) in [5.74, 6) is 0.891. The molecule has 0 fully saturated rings. The first-order valence-corrected chi connectivity index (χ1v) is 6.45. The van der Waals surface area contributed by atoms with Crippen molar-refractivity contribution in [2.45, 2.75) is 13.1 Å². The van der Waals surface area contributed by atoms with Crippen LogP contribution >= 0.6 is 11.6 Å². The van der Waals surface area contributed by atoms with E-state index in [-0.39, 0.29) is 0 Å². The SMILES string of the molecule is Clc1ccccc1CNCc1nnc2ccccn12. The fourth-order valence-electron chi connectivity index (χ4n) is 1.96. The summed E-state index contributed by atoms with van der Waals surface area (Å²) >= 11 is 6.11. The number of halogens is 1. The first kappa shape index (κ1) is 12.1. The van der Waals surface area contributed by atoms with Crippen molar-refractivity contribution in [3.8, 4) is 0 Å². The summed E-state index contributed by atoms with van der Waals surface area (Å²) in [5.41, 5.74) is 1.94. The standard InChI is InChI=1S/C14H13ClN4/c15-12-6-2-1-5-11(12)9-16-10-14-18-17-13-7-3-4-8-19(13)14/h1-8,16H,9-10H2. The van der Waals surface area contributed by atoms with Crippen molar-refractivity contribution < 1.29 is 0 Å². The average Bonchev–Trinajstić information content (AvgIpc) is 2.85. The largest absolute Gasteiger partial charge is 0.306 e. The normalized spacial score (nSPS) is 11.0. The Kier molecular flexibility index (Phi) is 3.44. The molecular weight excluding hydrogens is 260 g/mol. The van der Waals surface area contributed by atoms with E-state index in [1.807, 2.05) is 53.1 Å². The second kappa shape index (κ2) is 5.38. The van der Waals surface area contributed by atoms with Gasteiger partial charge in [0.25, 0.3) is 0 Å². The predicted molar refractivity (Wildman–Crippen MR) is 75.0 cm³/mol. The highest BCUT2D eigenvalue weighted by Crippen LogP contribution is 2.14. The second-order valence-corrected chi connectivity index (χ2v) is 4.65. The predicted octanol–water partition coefficient (Wildman–Crippen LogP) is 2.67. The van der Waals surface area contributed by atoms with Crippen LogP contribution in [-0.2, 0) is 13.1 Å². The second-order valence-electron chi connectivity index (χ2n) is 4.24. The van der Waals surface area contributed by atoms with Gasteiger partial charge in [0.05, 0.1) is 6.54 Å². The van der Waals surface area contributed by atoms with Gasteiger partial charge in [-0.25, -0.2) is 0 Å². The molecule has 2 aromatic heterocycles. The summed E-state index contributed by atoms with van der Waals surface area (Å²) in [4.78, 5) is 0. The highest BCUT2D eigenvalue weighted by Gasteiger charge is 2.04. The lowest BCUT2D eigenvalue weighted by Crippen LogP contribution is -2.15. The number of nitrogens with zero attached hydrogens (tertiary/aromatic N) is 3. The Morgan fingerprint density at radius 2 is 1.84 bits per heavy atom. The van der Waals surface area contributed by atoms with E-state index < -0.39 is 0 Å². The minimum Gasteiger partial charge on any atom is -0.306 e. The minimum atomic E-state index is 0.649. The maximum atomic E-state index is 6.11. The van der Waals surface area contributed by atoms with Crippen molar-refractivity contribution in [1.82, 2.24) is 19.9 Å². The number of hydrogen-bond donors (Lipinski definition) is 1. The van der Waals surface area contributed by atoms with E-state index >= 15 is 0 Å². The summed E-state index contributed by atoms with van der Waals surface area (Å²) < 4.78 is 1.97. The van der Waals surface area contributed by atoms with Crippen LogP contribution in [0.5, 0.6) is 0 Å². The zero-order valence-corrected chi connectivity index (χ0v) is 11.0. The Morgan fingerprint density at radius 1 is 1.00 bits per heavy atom. The molecule has 0 atom stereocenters. The van der Waals surface area contributed by atoms with Gasteiger partial charge in [0, 0.05) is 17.8 Å². The molecule has 0 spiro atoms. The summed E-state index contributed by atoms with van der Waals surface area (Å²) in [5, 5.41) is 12.4. The van der Waals surface area contributed by atoms with Crippen LogP contribution in [0.4, 0.5) is 0 Å².